The number of carbonyl (C=O) groups excluding carboxylic acids is 1. The zero-order valence-electron chi connectivity index (χ0n) is 19.8. The molecule has 1 N–H and O–H groups in total. The van der Waals surface area contributed by atoms with E-state index in [0.29, 0.717) is 30.2 Å². The van der Waals surface area contributed by atoms with Gasteiger partial charge in [-0.15, -0.1) is 0 Å². The van der Waals surface area contributed by atoms with Crippen LogP contribution in [-0.4, -0.2) is 37.2 Å². The number of amides is 1. The third-order valence-electron chi connectivity index (χ3n) is 6.84. The van der Waals surface area contributed by atoms with Gasteiger partial charge in [-0.25, -0.2) is 8.78 Å². The molecule has 5 nitrogen and oxygen atoms in total. The summed E-state index contributed by atoms with van der Waals surface area (Å²) in [6, 6.07) is 19.8. The van der Waals surface area contributed by atoms with Crippen molar-refractivity contribution < 1.29 is 23.0 Å². The van der Waals surface area contributed by atoms with Gasteiger partial charge in [0.15, 0.2) is 0 Å². The molecule has 1 fully saturated rings. The van der Waals surface area contributed by atoms with Crippen molar-refractivity contribution in [3.05, 3.63) is 102 Å². The molecule has 0 aliphatic carbocycles. The fourth-order valence-electron chi connectivity index (χ4n) is 5.06. The maximum Gasteiger partial charge on any atom is 0.253 e. The van der Waals surface area contributed by atoms with Crippen molar-refractivity contribution in [2.75, 3.05) is 31.7 Å². The summed E-state index contributed by atoms with van der Waals surface area (Å²) in [7, 11) is 0. The van der Waals surface area contributed by atoms with Gasteiger partial charge in [-0.2, -0.15) is 0 Å². The van der Waals surface area contributed by atoms with Crippen molar-refractivity contribution in [3.8, 4) is 11.5 Å². The highest BCUT2D eigenvalue weighted by Crippen LogP contribution is 2.39. The van der Waals surface area contributed by atoms with E-state index in [9.17, 15) is 13.6 Å². The first-order valence-corrected chi connectivity index (χ1v) is 12.2. The molecule has 186 valence electrons. The Bertz CT molecular complexity index is 1220. The second-order valence-corrected chi connectivity index (χ2v) is 9.04. The highest BCUT2D eigenvalue weighted by atomic mass is 19.1. The van der Waals surface area contributed by atoms with Crippen LogP contribution in [0.15, 0.2) is 79.2 Å². The topological polar surface area (TPSA) is 50.8 Å². The number of alkyl halides is 1. The molecule has 0 bridgehead atoms. The first-order valence-electron chi connectivity index (χ1n) is 12.2. The normalized spacial score (nSPS) is 16.0. The van der Waals surface area contributed by atoms with Crippen LogP contribution in [0.2, 0.25) is 0 Å². The number of hydrogen-bond acceptors (Lipinski definition) is 4. The molecule has 5 rings (SSSR count). The summed E-state index contributed by atoms with van der Waals surface area (Å²) in [4.78, 5) is 15.1. The Morgan fingerprint density at radius 3 is 2.42 bits per heavy atom. The number of hydrogen-bond donors (Lipinski definition) is 1. The van der Waals surface area contributed by atoms with Gasteiger partial charge in [0.25, 0.3) is 5.91 Å². The lowest BCUT2D eigenvalue weighted by Gasteiger charge is -2.37. The van der Waals surface area contributed by atoms with E-state index in [1.165, 1.54) is 12.1 Å². The molecule has 1 saturated heterocycles. The van der Waals surface area contributed by atoms with Crippen LogP contribution in [-0.2, 0) is 0 Å². The summed E-state index contributed by atoms with van der Waals surface area (Å²) in [6.07, 6.45) is 4.90. The highest BCUT2D eigenvalue weighted by Gasteiger charge is 2.31. The van der Waals surface area contributed by atoms with E-state index in [2.05, 4.69) is 5.32 Å². The average Bonchev–Trinajstić information content (AvgIpc) is 2.93. The largest absolute Gasteiger partial charge is 0.491 e. The smallest absolute Gasteiger partial charge is 0.253 e. The molecule has 2 aliphatic rings. The zero-order valence-corrected chi connectivity index (χ0v) is 19.8. The number of halogens is 2. The second kappa shape index (κ2) is 10.8. The number of carbonyl (C=O) groups is 1. The standard InChI is InChI=1S/C29H28F2N2O3/c30-13-17-35-25-8-3-21(4-9-25)28(20-1-6-24(31)7-2-20)22-11-15-33(16-12-22)29(34)23-5-10-27-26(19-23)32-14-18-36-27/h1-10,14,18-19,22,28,32H,11-13,15-17H2. The molecule has 1 amide bonds. The lowest BCUT2D eigenvalue weighted by Crippen LogP contribution is -2.40. The van der Waals surface area contributed by atoms with E-state index < -0.39 is 6.67 Å². The van der Waals surface area contributed by atoms with Gasteiger partial charge in [0, 0.05) is 30.8 Å². The number of ether oxygens (including phenoxy) is 2. The van der Waals surface area contributed by atoms with Gasteiger partial charge in [-0.1, -0.05) is 24.3 Å². The summed E-state index contributed by atoms with van der Waals surface area (Å²) < 4.78 is 37.0. The first-order chi connectivity index (χ1) is 17.6. The van der Waals surface area contributed by atoms with Crippen molar-refractivity contribution in [1.29, 1.82) is 0 Å². The van der Waals surface area contributed by atoms with Gasteiger partial charge in [0.05, 0.1) is 5.69 Å². The maximum atomic E-state index is 13.7. The third kappa shape index (κ3) is 5.20. The molecule has 0 aromatic heterocycles. The Morgan fingerprint density at radius 2 is 1.72 bits per heavy atom. The molecule has 0 saturated carbocycles. The molecule has 36 heavy (non-hydrogen) atoms. The summed E-state index contributed by atoms with van der Waals surface area (Å²) in [5, 5.41) is 3.11. The predicted molar refractivity (Wildman–Crippen MR) is 135 cm³/mol. The Morgan fingerprint density at radius 1 is 1.03 bits per heavy atom. The van der Waals surface area contributed by atoms with E-state index in [4.69, 9.17) is 9.47 Å². The van der Waals surface area contributed by atoms with Crippen LogP contribution in [0.4, 0.5) is 14.5 Å². The Hall–Kier alpha value is -3.87. The molecule has 1 atom stereocenters. The van der Waals surface area contributed by atoms with E-state index in [-0.39, 0.29) is 30.2 Å². The number of fused-ring (bicyclic) bond motifs is 1. The van der Waals surface area contributed by atoms with Gasteiger partial charge < -0.3 is 19.7 Å². The first kappa shape index (κ1) is 23.9. The molecule has 1 unspecified atom stereocenters. The van der Waals surface area contributed by atoms with Crippen molar-refractivity contribution >= 4 is 11.6 Å². The van der Waals surface area contributed by atoms with Gasteiger partial charge in [0.1, 0.15) is 36.9 Å². The second-order valence-electron chi connectivity index (χ2n) is 9.04. The molecule has 0 spiro atoms. The number of anilines is 1. The summed E-state index contributed by atoms with van der Waals surface area (Å²) in [6.45, 7) is 0.765. The maximum absolute atomic E-state index is 13.7. The van der Waals surface area contributed by atoms with Crippen molar-refractivity contribution in [2.24, 2.45) is 5.92 Å². The summed E-state index contributed by atoms with van der Waals surface area (Å²) >= 11 is 0. The van der Waals surface area contributed by atoms with Crippen molar-refractivity contribution in [3.63, 3.8) is 0 Å². The van der Waals surface area contributed by atoms with Crippen LogP contribution in [0.5, 0.6) is 11.5 Å². The van der Waals surface area contributed by atoms with Gasteiger partial charge >= 0.3 is 0 Å². The minimum atomic E-state index is -0.538. The Balaban J connectivity index is 1.31. The molecular weight excluding hydrogens is 462 g/mol. The summed E-state index contributed by atoms with van der Waals surface area (Å²) in [5.74, 6) is 1.37. The van der Waals surface area contributed by atoms with E-state index in [1.807, 2.05) is 47.4 Å². The Labute approximate surface area is 209 Å². The van der Waals surface area contributed by atoms with E-state index >= 15 is 0 Å². The van der Waals surface area contributed by atoms with Crippen LogP contribution in [0.25, 0.3) is 0 Å². The number of nitrogens with one attached hydrogen (secondary N) is 1. The van der Waals surface area contributed by atoms with Crippen molar-refractivity contribution in [1.82, 2.24) is 4.90 Å². The molecule has 7 heteroatoms. The number of likely N-dealkylation sites (tertiary alicyclic amines) is 1. The SMILES string of the molecule is O=C(c1ccc2c(c1)NC=CO2)N1CCC(C(c2ccc(F)cc2)c2ccc(OCCF)cc2)CC1. The number of piperidine rings is 1. The predicted octanol–water partition coefficient (Wildman–Crippen LogP) is 6.13. The Kier molecular flexibility index (Phi) is 7.16. The molecule has 3 aromatic carbocycles. The van der Waals surface area contributed by atoms with Crippen molar-refractivity contribution in [2.45, 2.75) is 18.8 Å². The van der Waals surface area contributed by atoms with Gasteiger partial charge in [-0.3, -0.25) is 4.79 Å². The van der Waals surface area contributed by atoms with Crippen LogP contribution in [0.1, 0.15) is 40.2 Å². The van der Waals surface area contributed by atoms with Crippen LogP contribution in [0, 0.1) is 11.7 Å². The fourth-order valence-corrected chi connectivity index (χ4v) is 5.06. The average molecular weight is 491 g/mol. The van der Waals surface area contributed by atoms with Gasteiger partial charge in [-0.05, 0) is 72.4 Å². The lowest BCUT2D eigenvalue weighted by molar-refractivity contribution is 0.0683. The molecular formula is C29H28F2N2O3. The van der Waals surface area contributed by atoms with Crippen LogP contribution < -0.4 is 14.8 Å². The quantitative estimate of drug-likeness (QED) is 0.433. The minimum Gasteiger partial charge on any atom is -0.491 e. The fraction of sp³-hybridized carbons (Fsp3) is 0.276. The number of nitrogens with zero attached hydrogens (tertiary/aromatic N) is 1. The highest BCUT2D eigenvalue weighted by molar-refractivity contribution is 5.95. The number of rotatable bonds is 7. The monoisotopic (exact) mass is 490 g/mol. The lowest BCUT2D eigenvalue weighted by atomic mass is 9.76. The molecule has 2 aliphatic heterocycles. The molecule has 2 heterocycles. The van der Waals surface area contributed by atoms with Crippen LogP contribution >= 0.6 is 0 Å². The minimum absolute atomic E-state index is 0.000278. The van der Waals surface area contributed by atoms with E-state index in [1.54, 1.807) is 24.6 Å². The number of benzene rings is 3. The molecule has 3 aromatic rings. The summed E-state index contributed by atoms with van der Waals surface area (Å²) in [5.41, 5.74) is 3.52. The third-order valence-corrected chi connectivity index (χ3v) is 6.84. The van der Waals surface area contributed by atoms with E-state index in [0.717, 1.165) is 29.7 Å². The zero-order chi connectivity index (χ0) is 24.9. The van der Waals surface area contributed by atoms with Crippen LogP contribution in [0.3, 0.4) is 0 Å². The molecule has 0 radical (unpaired) electrons. The van der Waals surface area contributed by atoms with Gasteiger partial charge in [0.2, 0.25) is 0 Å².